The summed E-state index contributed by atoms with van der Waals surface area (Å²) in [6.45, 7) is 0.471. The van der Waals surface area contributed by atoms with E-state index in [1.54, 1.807) is 30.6 Å². The maximum Gasteiger partial charge on any atom is 0.340 e. The summed E-state index contributed by atoms with van der Waals surface area (Å²) in [7, 11) is 0. The first kappa shape index (κ1) is 14.5. The third kappa shape index (κ3) is 3.81. The van der Waals surface area contributed by atoms with Crippen molar-refractivity contribution in [3.63, 3.8) is 0 Å². The van der Waals surface area contributed by atoms with Crippen LogP contribution >= 0.6 is 15.9 Å². The highest BCUT2D eigenvalue weighted by atomic mass is 79.9. The van der Waals surface area contributed by atoms with E-state index in [-0.39, 0.29) is 5.56 Å². The van der Waals surface area contributed by atoms with Crippen molar-refractivity contribution in [2.24, 2.45) is 0 Å². The number of carboxylic acids is 1. The van der Waals surface area contributed by atoms with Gasteiger partial charge in [0.25, 0.3) is 0 Å². The molecule has 2 rings (SSSR count). The van der Waals surface area contributed by atoms with E-state index in [4.69, 9.17) is 9.84 Å². The molecular formula is C15H14BrNO3. The zero-order valence-electron chi connectivity index (χ0n) is 10.8. The van der Waals surface area contributed by atoms with E-state index in [0.29, 0.717) is 16.8 Å². The lowest BCUT2D eigenvalue weighted by Crippen LogP contribution is -2.06. The quantitative estimate of drug-likeness (QED) is 0.820. The molecule has 104 valence electrons. The lowest BCUT2D eigenvalue weighted by molar-refractivity contribution is 0.0691. The smallest absolute Gasteiger partial charge is 0.340 e. The van der Waals surface area contributed by atoms with Crippen molar-refractivity contribution in [1.29, 1.82) is 0 Å². The molecule has 0 amide bonds. The lowest BCUT2D eigenvalue weighted by atomic mass is 10.1. The van der Waals surface area contributed by atoms with Crippen LogP contribution in [-0.4, -0.2) is 22.7 Å². The van der Waals surface area contributed by atoms with Gasteiger partial charge in [0.1, 0.15) is 11.3 Å². The summed E-state index contributed by atoms with van der Waals surface area (Å²) >= 11 is 3.23. The summed E-state index contributed by atoms with van der Waals surface area (Å²) in [5, 5.41) is 9.16. The molecule has 0 bridgehead atoms. The van der Waals surface area contributed by atoms with Gasteiger partial charge in [-0.1, -0.05) is 6.07 Å². The van der Waals surface area contributed by atoms with Crippen molar-refractivity contribution in [1.82, 2.24) is 4.98 Å². The fourth-order valence-electron chi connectivity index (χ4n) is 1.84. The van der Waals surface area contributed by atoms with E-state index < -0.39 is 5.97 Å². The minimum absolute atomic E-state index is 0.163. The Morgan fingerprint density at radius 1 is 1.25 bits per heavy atom. The number of aryl methyl sites for hydroxylation is 1. The maximum absolute atomic E-state index is 11.2. The monoisotopic (exact) mass is 335 g/mol. The van der Waals surface area contributed by atoms with E-state index in [0.717, 1.165) is 12.8 Å². The third-order valence-corrected chi connectivity index (χ3v) is 3.47. The largest absolute Gasteiger partial charge is 0.493 e. The molecule has 20 heavy (non-hydrogen) atoms. The lowest BCUT2D eigenvalue weighted by Gasteiger charge is -2.10. The number of hydrogen-bond donors (Lipinski definition) is 1. The van der Waals surface area contributed by atoms with E-state index in [2.05, 4.69) is 20.9 Å². The minimum atomic E-state index is -0.999. The number of pyridine rings is 1. The highest BCUT2D eigenvalue weighted by molar-refractivity contribution is 9.10. The van der Waals surface area contributed by atoms with Gasteiger partial charge in [-0.15, -0.1) is 0 Å². The van der Waals surface area contributed by atoms with Crippen LogP contribution in [0.2, 0.25) is 0 Å². The number of aromatic nitrogens is 1. The maximum atomic E-state index is 11.2. The number of hydrogen-bond acceptors (Lipinski definition) is 3. The predicted octanol–water partition coefficient (Wildman–Crippen LogP) is 3.55. The van der Waals surface area contributed by atoms with Gasteiger partial charge < -0.3 is 9.84 Å². The van der Waals surface area contributed by atoms with Crippen LogP contribution in [0.15, 0.2) is 47.2 Å². The van der Waals surface area contributed by atoms with Crippen molar-refractivity contribution in [3.05, 3.63) is 58.3 Å². The van der Waals surface area contributed by atoms with Crippen LogP contribution in [0, 0.1) is 0 Å². The molecule has 0 atom stereocenters. The van der Waals surface area contributed by atoms with Gasteiger partial charge in [0.05, 0.1) is 6.61 Å². The van der Waals surface area contributed by atoms with Crippen molar-refractivity contribution in [2.45, 2.75) is 12.8 Å². The zero-order valence-corrected chi connectivity index (χ0v) is 12.3. The average molecular weight is 336 g/mol. The predicted molar refractivity (Wildman–Crippen MR) is 79.2 cm³/mol. The second-order valence-electron chi connectivity index (χ2n) is 4.23. The Morgan fingerprint density at radius 2 is 2.00 bits per heavy atom. The number of benzene rings is 1. The molecule has 1 N–H and O–H groups in total. The van der Waals surface area contributed by atoms with E-state index in [9.17, 15) is 4.79 Å². The summed E-state index contributed by atoms with van der Waals surface area (Å²) in [5.41, 5.74) is 1.35. The molecule has 0 aliphatic heterocycles. The van der Waals surface area contributed by atoms with E-state index in [1.807, 2.05) is 12.1 Å². The van der Waals surface area contributed by atoms with Gasteiger partial charge in [-0.25, -0.2) is 4.79 Å². The molecule has 1 heterocycles. The molecule has 0 aliphatic carbocycles. The van der Waals surface area contributed by atoms with E-state index in [1.165, 1.54) is 5.56 Å². The second-order valence-corrected chi connectivity index (χ2v) is 5.08. The minimum Gasteiger partial charge on any atom is -0.493 e. The molecule has 0 unspecified atom stereocenters. The van der Waals surface area contributed by atoms with Crippen LogP contribution < -0.4 is 4.74 Å². The first-order chi connectivity index (χ1) is 9.68. The Morgan fingerprint density at radius 3 is 2.70 bits per heavy atom. The van der Waals surface area contributed by atoms with Gasteiger partial charge in [-0.2, -0.15) is 0 Å². The Labute approximate surface area is 125 Å². The Kier molecular flexibility index (Phi) is 5.12. The number of aromatic carboxylic acids is 1. The van der Waals surface area contributed by atoms with Gasteiger partial charge in [0.2, 0.25) is 0 Å². The summed E-state index contributed by atoms with van der Waals surface area (Å²) < 4.78 is 6.10. The first-order valence-electron chi connectivity index (χ1n) is 6.22. The number of nitrogens with zero attached hydrogens (tertiary/aromatic N) is 1. The Balaban J connectivity index is 1.92. The number of halogens is 1. The molecule has 0 saturated heterocycles. The number of carboxylic acid groups (broad SMARTS) is 1. The molecule has 4 nitrogen and oxygen atoms in total. The average Bonchev–Trinajstić information content (AvgIpc) is 2.44. The summed E-state index contributed by atoms with van der Waals surface area (Å²) in [4.78, 5) is 15.1. The molecule has 5 heteroatoms. The van der Waals surface area contributed by atoms with Gasteiger partial charge in [0.15, 0.2) is 0 Å². The van der Waals surface area contributed by atoms with Crippen molar-refractivity contribution in [2.75, 3.05) is 6.61 Å². The molecule has 2 aromatic rings. The highest BCUT2D eigenvalue weighted by Gasteiger charge is 2.14. The fourth-order valence-corrected chi connectivity index (χ4v) is 2.36. The number of ether oxygens (including phenoxy) is 1. The molecule has 0 spiro atoms. The third-order valence-electron chi connectivity index (χ3n) is 2.81. The molecule has 1 aromatic heterocycles. The van der Waals surface area contributed by atoms with Crippen LogP contribution in [0.25, 0.3) is 0 Å². The van der Waals surface area contributed by atoms with Gasteiger partial charge in [-0.05, 0) is 58.6 Å². The van der Waals surface area contributed by atoms with Crippen LogP contribution in [-0.2, 0) is 6.42 Å². The van der Waals surface area contributed by atoms with E-state index >= 15 is 0 Å². The van der Waals surface area contributed by atoms with Gasteiger partial charge in [-0.3, -0.25) is 4.98 Å². The Hall–Kier alpha value is -1.88. The molecule has 1 aromatic carbocycles. The SMILES string of the molecule is O=C(O)c1c(Br)cccc1OCCCc1ccncc1. The molecule has 0 fully saturated rings. The normalized spacial score (nSPS) is 10.2. The number of rotatable bonds is 6. The van der Waals surface area contributed by atoms with Crippen molar-refractivity contribution in [3.8, 4) is 5.75 Å². The fraction of sp³-hybridized carbons (Fsp3) is 0.200. The van der Waals surface area contributed by atoms with Crippen LogP contribution in [0.5, 0.6) is 5.75 Å². The topological polar surface area (TPSA) is 59.4 Å². The zero-order chi connectivity index (χ0) is 14.4. The van der Waals surface area contributed by atoms with Gasteiger partial charge >= 0.3 is 5.97 Å². The second kappa shape index (κ2) is 7.05. The molecular weight excluding hydrogens is 322 g/mol. The van der Waals surface area contributed by atoms with Gasteiger partial charge in [0, 0.05) is 16.9 Å². The van der Waals surface area contributed by atoms with Crippen LogP contribution in [0.4, 0.5) is 0 Å². The standard InChI is InChI=1S/C15H14BrNO3/c16-12-4-1-5-13(14(12)15(18)19)20-10-2-3-11-6-8-17-9-7-11/h1,4-9H,2-3,10H2,(H,18,19). The highest BCUT2D eigenvalue weighted by Crippen LogP contribution is 2.26. The molecule has 0 saturated carbocycles. The van der Waals surface area contributed by atoms with Crippen molar-refractivity contribution >= 4 is 21.9 Å². The Bertz CT molecular complexity index is 587. The summed E-state index contributed by atoms with van der Waals surface area (Å²) in [5.74, 6) is -0.608. The van der Waals surface area contributed by atoms with Crippen molar-refractivity contribution < 1.29 is 14.6 Å². The van der Waals surface area contributed by atoms with Crippen LogP contribution in [0.1, 0.15) is 22.3 Å². The summed E-state index contributed by atoms with van der Waals surface area (Å²) in [6.07, 6.45) is 5.20. The molecule has 0 aliphatic rings. The number of carbonyl (C=O) groups is 1. The molecule has 0 radical (unpaired) electrons. The first-order valence-corrected chi connectivity index (χ1v) is 7.01. The summed E-state index contributed by atoms with van der Waals surface area (Å²) in [6, 6.07) is 9.03. The van der Waals surface area contributed by atoms with Crippen LogP contribution in [0.3, 0.4) is 0 Å².